The standard InChI is InChI=1S/C14H16FNO3/c1-10(17)16-7-3-2-4-12-6-5-11(8-13(12)15)9-14(18)19/h2,4-6,8H,3,7,9H2,1H3,(H,16,17)(H,18,19). The van der Waals surface area contributed by atoms with Gasteiger partial charge in [0.15, 0.2) is 0 Å². The number of carboxylic acids is 1. The summed E-state index contributed by atoms with van der Waals surface area (Å²) in [4.78, 5) is 21.1. The molecule has 2 N–H and O–H groups in total. The van der Waals surface area contributed by atoms with E-state index < -0.39 is 11.8 Å². The fourth-order valence-electron chi connectivity index (χ4n) is 1.53. The third-order valence-electron chi connectivity index (χ3n) is 2.40. The third kappa shape index (κ3) is 5.81. The van der Waals surface area contributed by atoms with Crippen molar-refractivity contribution in [3.63, 3.8) is 0 Å². The van der Waals surface area contributed by atoms with Gasteiger partial charge in [0, 0.05) is 19.0 Å². The van der Waals surface area contributed by atoms with Crippen LogP contribution in [0.15, 0.2) is 24.3 Å². The molecule has 0 saturated carbocycles. The SMILES string of the molecule is CC(=O)NCCC=Cc1ccc(CC(=O)O)cc1F. The van der Waals surface area contributed by atoms with E-state index in [0.29, 0.717) is 24.1 Å². The van der Waals surface area contributed by atoms with Gasteiger partial charge in [-0.3, -0.25) is 9.59 Å². The first-order valence-electron chi connectivity index (χ1n) is 5.90. The highest BCUT2D eigenvalue weighted by molar-refractivity contribution is 5.72. The lowest BCUT2D eigenvalue weighted by molar-refractivity contribution is -0.136. The Morgan fingerprint density at radius 2 is 2.16 bits per heavy atom. The summed E-state index contributed by atoms with van der Waals surface area (Å²) in [6.45, 7) is 1.94. The summed E-state index contributed by atoms with van der Waals surface area (Å²) in [5, 5.41) is 11.2. The molecule has 0 aliphatic carbocycles. The lowest BCUT2D eigenvalue weighted by atomic mass is 10.1. The number of rotatable bonds is 6. The molecular formula is C14H16FNO3. The average molecular weight is 265 g/mol. The van der Waals surface area contributed by atoms with Crippen molar-refractivity contribution < 1.29 is 19.1 Å². The van der Waals surface area contributed by atoms with Crippen LogP contribution in [0.1, 0.15) is 24.5 Å². The van der Waals surface area contributed by atoms with E-state index >= 15 is 0 Å². The van der Waals surface area contributed by atoms with Crippen LogP contribution in [-0.4, -0.2) is 23.5 Å². The van der Waals surface area contributed by atoms with Gasteiger partial charge in [-0.2, -0.15) is 0 Å². The minimum atomic E-state index is -0.988. The normalized spacial score (nSPS) is 10.6. The van der Waals surface area contributed by atoms with E-state index in [2.05, 4.69) is 5.32 Å². The number of carboxylic acid groups (broad SMARTS) is 1. The number of carbonyl (C=O) groups is 2. The summed E-state index contributed by atoms with van der Waals surface area (Å²) < 4.78 is 13.6. The van der Waals surface area contributed by atoms with Gasteiger partial charge in [-0.1, -0.05) is 24.3 Å². The van der Waals surface area contributed by atoms with Gasteiger partial charge >= 0.3 is 5.97 Å². The maximum absolute atomic E-state index is 13.6. The predicted octanol–water partition coefficient (Wildman–Crippen LogP) is 1.99. The van der Waals surface area contributed by atoms with Crippen molar-refractivity contribution in [1.82, 2.24) is 5.32 Å². The van der Waals surface area contributed by atoms with Crippen LogP contribution >= 0.6 is 0 Å². The molecule has 0 unspecified atom stereocenters. The molecule has 1 aromatic carbocycles. The number of hydrogen-bond acceptors (Lipinski definition) is 2. The molecule has 0 aromatic heterocycles. The van der Waals surface area contributed by atoms with Crippen molar-refractivity contribution in [2.24, 2.45) is 0 Å². The second-order valence-corrected chi connectivity index (χ2v) is 4.10. The first-order valence-corrected chi connectivity index (χ1v) is 5.90. The Kier molecular flexibility index (Phi) is 5.73. The fraction of sp³-hybridized carbons (Fsp3) is 0.286. The van der Waals surface area contributed by atoms with Crippen LogP contribution in [-0.2, 0) is 16.0 Å². The molecule has 5 heteroatoms. The first-order chi connectivity index (χ1) is 8.99. The molecular weight excluding hydrogens is 249 g/mol. The van der Waals surface area contributed by atoms with Gasteiger partial charge in [0.2, 0.25) is 5.91 Å². The Hall–Kier alpha value is -2.17. The number of hydrogen-bond donors (Lipinski definition) is 2. The summed E-state index contributed by atoms with van der Waals surface area (Å²) in [6, 6.07) is 4.36. The molecule has 0 saturated heterocycles. The van der Waals surface area contributed by atoms with Gasteiger partial charge in [-0.25, -0.2) is 4.39 Å². The maximum Gasteiger partial charge on any atom is 0.307 e. The van der Waals surface area contributed by atoms with E-state index in [4.69, 9.17) is 5.11 Å². The minimum Gasteiger partial charge on any atom is -0.481 e. The fourth-order valence-corrected chi connectivity index (χ4v) is 1.53. The van der Waals surface area contributed by atoms with Gasteiger partial charge < -0.3 is 10.4 Å². The van der Waals surface area contributed by atoms with Crippen LogP contribution in [0.2, 0.25) is 0 Å². The molecule has 0 atom stereocenters. The monoisotopic (exact) mass is 265 g/mol. The van der Waals surface area contributed by atoms with Crippen LogP contribution in [0.5, 0.6) is 0 Å². The second kappa shape index (κ2) is 7.31. The lowest BCUT2D eigenvalue weighted by Gasteiger charge is -2.01. The van der Waals surface area contributed by atoms with Crippen LogP contribution in [0.25, 0.3) is 6.08 Å². The predicted molar refractivity (Wildman–Crippen MR) is 70.1 cm³/mol. The molecule has 0 aliphatic rings. The molecule has 0 bridgehead atoms. The van der Waals surface area contributed by atoms with E-state index in [-0.39, 0.29) is 12.3 Å². The van der Waals surface area contributed by atoms with Crippen LogP contribution in [0, 0.1) is 5.82 Å². The number of halogens is 1. The molecule has 0 spiro atoms. The second-order valence-electron chi connectivity index (χ2n) is 4.10. The number of aliphatic carboxylic acids is 1. The van der Waals surface area contributed by atoms with E-state index in [0.717, 1.165) is 0 Å². The zero-order chi connectivity index (χ0) is 14.3. The topological polar surface area (TPSA) is 66.4 Å². The Morgan fingerprint density at radius 3 is 2.74 bits per heavy atom. The molecule has 19 heavy (non-hydrogen) atoms. The van der Waals surface area contributed by atoms with E-state index in [1.165, 1.54) is 13.0 Å². The van der Waals surface area contributed by atoms with Crippen molar-refractivity contribution in [3.8, 4) is 0 Å². The average Bonchev–Trinajstić information content (AvgIpc) is 2.30. The van der Waals surface area contributed by atoms with E-state index in [9.17, 15) is 14.0 Å². The highest BCUT2D eigenvalue weighted by Gasteiger charge is 2.04. The molecule has 0 radical (unpaired) electrons. The van der Waals surface area contributed by atoms with Crippen molar-refractivity contribution in [2.75, 3.05) is 6.54 Å². The summed E-state index contributed by atoms with van der Waals surface area (Å²) in [7, 11) is 0. The summed E-state index contributed by atoms with van der Waals surface area (Å²) in [6.07, 6.45) is 3.78. The molecule has 1 aromatic rings. The Bertz CT molecular complexity index is 497. The number of amides is 1. The van der Waals surface area contributed by atoms with E-state index in [1.54, 1.807) is 24.3 Å². The van der Waals surface area contributed by atoms with Gasteiger partial charge in [0.1, 0.15) is 5.82 Å². The zero-order valence-electron chi connectivity index (χ0n) is 10.6. The van der Waals surface area contributed by atoms with Gasteiger partial charge in [-0.15, -0.1) is 0 Å². The summed E-state index contributed by atoms with van der Waals surface area (Å²) >= 11 is 0. The number of benzene rings is 1. The highest BCUT2D eigenvalue weighted by Crippen LogP contribution is 2.13. The largest absolute Gasteiger partial charge is 0.481 e. The zero-order valence-corrected chi connectivity index (χ0v) is 10.6. The molecule has 4 nitrogen and oxygen atoms in total. The van der Waals surface area contributed by atoms with Crippen molar-refractivity contribution in [1.29, 1.82) is 0 Å². The summed E-state index contributed by atoms with van der Waals surface area (Å²) in [5.74, 6) is -1.54. The maximum atomic E-state index is 13.6. The van der Waals surface area contributed by atoms with Crippen molar-refractivity contribution in [2.45, 2.75) is 19.8 Å². The molecule has 0 aliphatic heterocycles. The number of carbonyl (C=O) groups excluding carboxylic acids is 1. The van der Waals surface area contributed by atoms with Gasteiger partial charge in [0.25, 0.3) is 0 Å². The van der Waals surface area contributed by atoms with Crippen LogP contribution in [0.4, 0.5) is 4.39 Å². The number of nitrogens with one attached hydrogen (secondary N) is 1. The first kappa shape index (κ1) is 14.9. The lowest BCUT2D eigenvalue weighted by Crippen LogP contribution is -2.20. The molecule has 0 heterocycles. The third-order valence-corrected chi connectivity index (χ3v) is 2.40. The minimum absolute atomic E-state index is 0.0994. The van der Waals surface area contributed by atoms with E-state index in [1.807, 2.05) is 0 Å². The molecule has 0 fully saturated rings. The van der Waals surface area contributed by atoms with Crippen LogP contribution in [0.3, 0.4) is 0 Å². The summed E-state index contributed by atoms with van der Waals surface area (Å²) in [5.41, 5.74) is 0.831. The molecule has 1 rings (SSSR count). The highest BCUT2D eigenvalue weighted by atomic mass is 19.1. The Balaban J connectivity index is 2.57. The molecule has 102 valence electrons. The van der Waals surface area contributed by atoms with Crippen molar-refractivity contribution >= 4 is 18.0 Å². The Morgan fingerprint density at radius 1 is 1.42 bits per heavy atom. The Labute approximate surface area is 110 Å². The van der Waals surface area contributed by atoms with Gasteiger partial charge in [0.05, 0.1) is 6.42 Å². The van der Waals surface area contributed by atoms with Gasteiger partial charge in [-0.05, 0) is 18.1 Å². The quantitative estimate of drug-likeness (QED) is 0.773. The van der Waals surface area contributed by atoms with Crippen molar-refractivity contribution in [3.05, 3.63) is 41.2 Å². The molecule has 1 amide bonds. The smallest absolute Gasteiger partial charge is 0.307 e. The van der Waals surface area contributed by atoms with Crippen LogP contribution < -0.4 is 5.32 Å².